The summed E-state index contributed by atoms with van der Waals surface area (Å²) < 4.78 is 12.2. The van der Waals surface area contributed by atoms with E-state index in [1.54, 1.807) is 0 Å². The minimum Gasteiger partial charge on any atom is -0.306 e. The molecule has 5 heteroatoms. The van der Waals surface area contributed by atoms with Crippen LogP contribution >= 0.6 is 11.9 Å². The number of nitrogens with zero attached hydrogens (tertiary/aromatic N) is 1. The number of halogens is 1. The lowest BCUT2D eigenvalue weighted by atomic mass is 10.6. The molecule has 1 aliphatic carbocycles. The summed E-state index contributed by atoms with van der Waals surface area (Å²) in [6, 6.07) is 0. The maximum absolute atomic E-state index is 12.2. The molecule has 0 aromatic rings. The molecule has 3 nitrogen and oxygen atoms in total. The van der Waals surface area contributed by atoms with Crippen molar-refractivity contribution in [2.45, 2.75) is 11.7 Å². The molecule has 60 valence electrons. The number of rotatable bonds is 3. The van der Waals surface area contributed by atoms with Crippen LogP contribution < -0.4 is 5.14 Å². The number of allylic oxidation sites excluding steroid dienone is 1. The van der Waals surface area contributed by atoms with Crippen LogP contribution in [0.15, 0.2) is 17.0 Å². The number of hydrogen-bond donors (Lipinski definition) is 2. The van der Waals surface area contributed by atoms with Crippen LogP contribution in [-0.2, 0) is 0 Å². The molecule has 0 heterocycles. The van der Waals surface area contributed by atoms with E-state index in [1.165, 1.54) is 11.9 Å². The highest BCUT2D eigenvalue weighted by atomic mass is 32.2. The second-order valence-electron chi connectivity index (χ2n) is 2.11. The van der Waals surface area contributed by atoms with Gasteiger partial charge in [-0.1, -0.05) is 11.9 Å². The number of aliphatic imine (C=N–C) groups is 1. The summed E-state index contributed by atoms with van der Waals surface area (Å²) in [4.78, 5) is 3.79. The Bertz CT molecular complexity index is 224. The topological polar surface area (TPSA) is 62.2 Å². The van der Waals surface area contributed by atoms with Gasteiger partial charge in [0.25, 0.3) is 0 Å². The Morgan fingerprint density at radius 2 is 2.64 bits per heavy atom. The van der Waals surface area contributed by atoms with Crippen molar-refractivity contribution in [2.75, 3.05) is 0 Å². The molecule has 1 aliphatic rings. The van der Waals surface area contributed by atoms with Gasteiger partial charge in [0, 0.05) is 12.1 Å². The first-order valence-electron chi connectivity index (χ1n) is 3.06. The van der Waals surface area contributed by atoms with Gasteiger partial charge in [-0.05, 0) is 0 Å². The Hall–Kier alpha value is -0.680. The lowest BCUT2D eigenvalue weighted by Gasteiger charge is -1.80. The fourth-order valence-corrected chi connectivity index (χ4v) is 1.06. The summed E-state index contributed by atoms with van der Waals surface area (Å²) in [7, 11) is 0. The third-order valence-corrected chi connectivity index (χ3v) is 2.03. The van der Waals surface area contributed by atoms with Crippen molar-refractivity contribution >= 4 is 23.9 Å². The third-order valence-electron chi connectivity index (χ3n) is 1.26. The summed E-state index contributed by atoms with van der Waals surface area (Å²) in [6.07, 6.45) is 2.50. The highest BCUT2D eigenvalue weighted by Crippen LogP contribution is 2.27. The van der Waals surface area contributed by atoms with E-state index in [0.717, 1.165) is 18.3 Å². The molecule has 11 heavy (non-hydrogen) atoms. The van der Waals surface area contributed by atoms with E-state index in [9.17, 15) is 4.39 Å². The Morgan fingerprint density at radius 1 is 1.91 bits per heavy atom. The van der Waals surface area contributed by atoms with Gasteiger partial charge in [-0.2, -0.15) is 0 Å². The number of nitrogens with two attached hydrogens (primary N) is 1. The van der Waals surface area contributed by atoms with Crippen molar-refractivity contribution in [1.82, 2.24) is 0 Å². The van der Waals surface area contributed by atoms with E-state index in [0.29, 0.717) is 6.21 Å². The van der Waals surface area contributed by atoms with Crippen LogP contribution in [0.1, 0.15) is 6.42 Å². The molecular weight excluding hydrogens is 165 g/mol. The van der Waals surface area contributed by atoms with Crippen molar-refractivity contribution < 1.29 is 4.39 Å². The smallest absolute Gasteiger partial charge is 0.158 e. The quantitative estimate of drug-likeness (QED) is 0.498. The first kappa shape index (κ1) is 8.42. The fourth-order valence-electron chi connectivity index (χ4n) is 0.575. The van der Waals surface area contributed by atoms with Crippen LogP contribution in [0.25, 0.3) is 0 Å². The first-order valence-corrected chi connectivity index (χ1v) is 4.00. The maximum Gasteiger partial charge on any atom is 0.158 e. The summed E-state index contributed by atoms with van der Waals surface area (Å²) in [5, 5.41) is 12.0. The van der Waals surface area contributed by atoms with Crippen LogP contribution in [0.5, 0.6) is 0 Å². The van der Waals surface area contributed by atoms with Crippen LogP contribution in [0.4, 0.5) is 4.39 Å². The van der Waals surface area contributed by atoms with Gasteiger partial charge in [0.1, 0.15) is 0 Å². The zero-order valence-electron chi connectivity index (χ0n) is 5.75. The van der Waals surface area contributed by atoms with Crippen molar-refractivity contribution in [2.24, 2.45) is 10.1 Å². The van der Waals surface area contributed by atoms with Crippen molar-refractivity contribution in [1.29, 1.82) is 5.41 Å². The van der Waals surface area contributed by atoms with E-state index in [1.807, 2.05) is 0 Å². The monoisotopic (exact) mass is 173 g/mol. The minimum atomic E-state index is -0.634. The lowest BCUT2D eigenvalue weighted by molar-refractivity contribution is 0.682. The molecular formula is C6H8FN3S. The molecule has 0 bridgehead atoms. The zero-order valence-corrected chi connectivity index (χ0v) is 6.57. The van der Waals surface area contributed by atoms with Gasteiger partial charge in [0.2, 0.25) is 0 Å². The van der Waals surface area contributed by atoms with Crippen LogP contribution in [0, 0.1) is 5.41 Å². The third kappa shape index (κ3) is 2.44. The van der Waals surface area contributed by atoms with Gasteiger partial charge < -0.3 is 5.41 Å². The van der Waals surface area contributed by atoms with Gasteiger partial charge >= 0.3 is 0 Å². The van der Waals surface area contributed by atoms with Gasteiger partial charge in [-0.15, -0.1) is 0 Å². The second-order valence-corrected chi connectivity index (χ2v) is 2.95. The summed E-state index contributed by atoms with van der Waals surface area (Å²) >= 11 is 1.22. The SMILES string of the molecule is N=C/C(F)=C\N=C1CC1SN. The standard InChI is InChI=1S/C6H8FN3S/c7-4(2-8)3-10-5-1-6(5)11-9/h2-3,6,8H,1,9H2/b4-3+,8-2?,10-5?. The van der Waals surface area contributed by atoms with Gasteiger partial charge in [-0.3, -0.25) is 10.1 Å². The predicted octanol–water partition coefficient (Wildman–Crippen LogP) is 1.27. The van der Waals surface area contributed by atoms with Crippen LogP contribution in [0.3, 0.4) is 0 Å². The molecule has 1 fully saturated rings. The molecule has 0 spiro atoms. The molecule has 1 rings (SSSR count). The van der Waals surface area contributed by atoms with E-state index in [4.69, 9.17) is 10.5 Å². The van der Waals surface area contributed by atoms with E-state index >= 15 is 0 Å². The summed E-state index contributed by atoms with van der Waals surface area (Å²) in [6.45, 7) is 0. The van der Waals surface area contributed by atoms with Crippen LogP contribution in [-0.4, -0.2) is 17.2 Å². The lowest BCUT2D eigenvalue weighted by Crippen LogP contribution is -1.85. The van der Waals surface area contributed by atoms with Crippen molar-refractivity contribution in [3.63, 3.8) is 0 Å². The molecule has 3 N–H and O–H groups in total. The zero-order chi connectivity index (χ0) is 8.27. The highest BCUT2D eigenvalue weighted by molar-refractivity contribution is 7.99. The Labute approximate surface area is 68.2 Å². The average Bonchev–Trinajstić information content (AvgIpc) is 2.78. The Kier molecular flexibility index (Phi) is 2.78. The molecule has 0 aromatic carbocycles. The minimum absolute atomic E-state index is 0.268. The maximum atomic E-state index is 12.2. The predicted molar refractivity (Wildman–Crippen MR) is 45.6 cm³/mol. The van der Waals surface area contributed by atoms with Crippen molar-refractivity contribution in [3.05, 3.63) is 12.0 Å². The largest absolute Gasteiger partial charge is 0.306 e. The molecule has 0 aromatic heterocycles. The van der Waals surface area contributed by atoms with Gasteiger partial charge in [-0.25, -0.2) is 4.39 Å². The second kappa shape index (κ2) is 3.64. The normalized spacial score (nSPS) is 27.3. The molecule has 0 aliphatic heterocycles. The van der Waals surface area contributed by atoms with E-state index < -0.39 is 5.83 Å². The van der Waals surface area contributed by atoms with Crippen molar-refractivity contribution in [3.8, 4) is 0 Å². The molecule has 1 atom stereocenters. The van der Waals surface area contributed by atoms with Gasteiger partial charge in [0.05, 0.1) is 17.7 Å². The van der Waals surface area contributed by atoms with E-state index in [-0.39, 0.29) is 5.25 Å². The summed E-state index contributed by atoms with van der Waals surface area (Å²) in [5.74, 6) is -0.634. The summed E-state index contributed by atoms with van der Waals surface area (Å²) in [5.41, 5.74) is 0.898. The van der Waals surface area contributed by atoms with Gasteiger partial charge in [0.15, 0.2) is 5.83 Å². The molecule has 0 saturated heterocycles. The fraction of sp³-hybridized carbons (Fsp3) is 0.333. The molecule has 0 amide bonds. The molecule has 1 unspecified atom stereocenters. The molecule has 1 saturated carbocycles. The Balaban J connectivity index is 2.44. The molecule has 0 radical (unpaired) electrons. The number of nitrogens with one attached hydrogen (secondary N) is 1. The number of hydrogen-bond acceptors (Lipinski definition) is 4. The first-order chi connectivity index (χ1) is 5.27. The highest BCUT2D eigenvalue weighted by Gasteiger charge is 2.30. The van der Waals surface area contributed by atoms with Crippen LogP contribution in [0.2, 0.25) is 0 Å². The Morgan fingerprint density at radius 3 is 3.09 bits per heavy atom. The van der Waals surface area contributed by atoms with E-state index in [2.05, 4.69) is 4.99 Å². The average molecular weight is 173 g/mol.